The number of fused-ring (bicyclic) bond motifs is 1. The predicted molar refractivity (Wildman–Crippen MR) is 58.7 cm³/mol. The van der Waals surface area contributed by atoms with Crippen LogP contribution in [-0.4, -0.2) is 10.2 Å². The third kappa shape index (κ3) is 1.56. The highest BCUT2D eigenvalue weighted by Gasteiger charge is 2.04. The first kappa shape index (κ1) is 9.69. The molecule has 0 saturated heterocycles. The molecule has 1 heterocycles. The third-order valence-electron chi connectivity index (χ3n) is 2.20. The van der Waals surface area contributed by atoms with Crippen LogP contribution in [0.4, 0.5) is 0 Å². The third-order valence-corrected chi connectivity index (χ3v) is 2.77. The molecule has 4 heteroatoms. The van der Waals surface area contributed by atoms with Gasteiger partial charge in [-0.25, -0.2) is 0 Å². The van der Waals surface area contributed by atoms with E-state index in [1.807, 2.05) is 12.1 Å². The van der Waals surface area contributed by atoms with E-state index in [-0.39, 0.29) is 0 Å². The fraction of sp³-hybridized carbons (Fsp3) is 0.200. The second-order valence-corrected chi connectivity index (χ2v) is 3.50. The first-order valence-electron chi connectivity index (χ1n) is 4.20. The van der Waals surface area contributed by atoms with Gasteiger partial charge in [0.2, 0.25) is 0 Å². The van der Waals surface area contributed by atoms with Gasteiger partial charge in [-0.2, -0.15) is 10.2 Å². The van der Waals surface area contributed by atoms with Crippen LogP contribution in [0.5, 0.6) is 0 Å². The Morgan fingerprint density at radius 3 is 1.64 bits per heavy atom. The zero-order valence-corrected chi connectivity index (χ0v) is 8.89. The standard InChI is InChI=1S/C10H8Cl2N2/c11-3-7-1-2-8(4-12)10-6-14-13-5-9(7)10/h1-2,5-6H,3-4H2. The van der Waals surface area contributed by atoms with Crippen molar-refractivity contribution in [1.29, 1.82) is 0 Å². The summed E-state index contributed by atoms with van der Waals surface area (Å²) < 4.78 is 0. The topological polar surface area (TPSA) is 25.8 Å². The van der Waals surface area contributed by atoms with E-state index in [0.717, 1.165) is 21.9 Å². The summed E-state index contributed by atoms with van der Waals surface area (Å²) in [6.07, 6.45) is 3.45. The molecule has 0 amide bonds. The van der Waals surface area contributed by atoms with Gasteiger partial charge in [-0.1, -0.05) is 12.1 Å². The zero-order chi connectivity index (χ0) is 9.97. The highest BCUT2D eigenvalue weighted by molar-refractivity contribution is 6.19. The van der Waals surface area contributed by atoms with Gasteiger partial charge < -0.3 is 0 Å². The SMILES string of the molecule is ClCc1ccc(CCl)c2cnncc12. The lowest BCUT2D eigenvalue weighted by Crippen LogP contribution is -1.90. The van der Waals surface area contributed by atoms with Gasteiger partial charge in [-0.15, -0.1) is 23.2 Å². The second kappa shape index (κ2) is 4.11. The number of hydrogen-bond acceptors (Lipinski definition) is 2. The summed E-state index contributed by atoms with van der Waals surface area (Å²) in [4.78, 5) is 0. The Morgan fingerprint density at radius 2 is 1.29 bits per heavy atom. The molecule has 0 aliphatic rings. The summed E-state index contributed by atoms with van der Waals surface area (Å²) in [6.45, 7) is 0. The lowest BCUT2D eigenvalue weighted by Gasteiger charge is -2.05. The number of aromatic nitrogens is 2. The van der Waals surface area contributed by atoms with Crippen molar-refractivity contribution in [3.63, 3.8) is 0 Å². The molecule has 0 aliphatic carbocycles. The van der Waals surface area contributed by atoms with Crippen LogP contribution in [0.2, 0.25) is 0 Å². The van der Waals surface area contributed by atoms with Crippen LogP contribution in [0.3, 0.4) is 0 Å². The van der Waals surface area contributed by atoms with Crippen LogP contribution < -0.4 is 0 Å². The molecule has 14 heavy (non-hydrogen) atoms. The summed E-state index contributed by atoms with van der Waals surface area (Å²) >= 11 is 11.6. The minimum atomic E-state index is 0.477. The molecule has 2 aromatic rings. The van der Waals surface area contributed by atoms with Crippen LogP contribution in [0.1, 0.15) is 11.1 Å². The minimum absolute atomic E-state index is 0.477. The number of benzene rings is 1. The van der Waals surface area contributed by atoms with E-state index in [4.69, 9.17) is 23.2 Å². The van der Waals surface area contributed by atoms with Crippen molar-refractivity contribution in [2.45, 2.75) is 11.8 Å². The molecular formula is C10H8Cl2N2. The van der Waals surface area contributed by atoms with E-state index in [9.17, 15) is 0 Å². The first-order valence-corrected chi connectivity index (χ1v) is 5.27. The molecule has 0 saturated carbocycles. The molecule has 0 unspecified atom stereocenters. The molecule has 0 bridgehead atoms. The molecule has 0 radical (unpaired) electrons. The van der Waals surface area contributed by atoms with Gasteiger partial charge in [0, 0.05) is 22.5 Å². The largest absolute Gasteiger partial charge is 0.158 e. The van der Waals surface area contributed by atoms with Gasteiger partial charge in [-0.05, 0) is 11.1 Å². The van der Waals surface area contributed by atoms with E-state index in [2.05, 4.69) is 10.2 Å². The van der Waals surface area contributed by atoms with Crippen LogP contribution in [0.25, 0.3) is 10.8 Å². The number of halogens is 2. The van der Waals surface area contributed by atoms with Crippen molar-refractivity contribution in [3.05, 3.63) is 35.7 Å². The molecule has 1 aromatic carbocycles. The maximum Gasteiger partial charge on any atom is 0.0577 e. The molecular weight excluding hydrogens is 219 g/mol. The summed E-state index contributed by atoms with van der Waals surface area (Å²) in [5.74, 6) is 0.954. The molecule has 0 atom stereocenters. The number of alkyl halides is 2. The van der Waals surface area contributed by atoms with Crippen LogP contribution in [0, 0.1) is 0 Å². The molecule has 1 aromatic heterocycles. The average molecular weight is 227 g/mol. The smallest absolute Gasteiger partial charge is 0.0577 e. The normalized spacial score (nSPS) is 10.7. The van der Waals surface area contributed by atoms with Crippen molar-refractivity contribution in [2.75, 3.05) is 0 Å². The summed E-state index contributed by atoms with van der Waals surface area (Å²) in [6, 6.07) is 3.96. The van der Waals surface area contributed by atoms with Crippen molar-refractivity contribution < 1.29 is 0 Å². The fourth-order valence-corrected chi connectivity index (χ4v) is 1.91. The van der Waals surface area contributed by atoms with E-state index in [1.54, 1.807) is 12.4 Å². The molecule has 0 aliphatic heterocycles. The van der Waals surface area contributed by atoms with Crippen LogP contribution in [0.15, 0.2) is 24.5 Å². The van der Waals surface area contributed by atoms with E-state index in [0.29, 0.717) is 11.8 Å². The molecule has 0 N–H and O–H groups in total. The monoisotopic (exact) mass is 226 g/mol. The van der Waals surface area contributed by atoms with Gasteiger partial charge in [0.25, 0.3) is 0 Å². The molecule has 2 nitrogen and oxygen atoms in total. The fourth-order valence-electron chi connectivity index (χ4n) is 1.45. The van der Waals surface area contributed by atoms with Gasteiger partial charge >= 0.3 is 0 Å². The van der Waals surface area contributed by atoms with Crippen molar-refractivity contribution >= 4 is 34.0 Å². The number of nitrogens with zero attached hydrogens (tertiary/aromatic N) is 2. The average Bonchev–Trinajstić information content (AvgIpc) is 2.27. The lowest BCUT2D eigenvalue weighted by molar-refractivity contribution is 1.05. The summed E-state index contributed by atoms with van der Waals surface area (Å²) in [5.41, 5.74) is 2.12. The van der Waals surface area contributed by atoms with Crippen LogP contribution in [-0.2, 0) is 11.8 Å². The molecule has 2 rings (SSSR count). The number of hydrogen-bond donors (Lipinski definition) is 0. The van der Waals surface area contributed by atoms with Gasteiger partial charge in [0.05, 0.1) is 12.4 Å². The van der Waals surface area contributed by atoms with Gasteiger partial charge in [-0.3, -0.25) is 0 Å². The van der Waals surface area contributed by atoms with E-state index < -0.39 is 0 Å². The Kier molecular flexibility index (Phi) is 2.85. The van der Waals surface area contributed by atoms with Crippen LogP contribution >= 0.6 is 23.2 Å². The van der Waals surface area contributed by atoms with Crippen molar-refractivity contribution in [3.8, 4) is 0 Å². The Hall–Kier alpha value is -0.860. The Labute approximate surface area is 91.9 Å². The Morgan fingerprint density at radius 1 is 0.857 bits per heavy atom. The summed E-state index contributed by atoms with van der Waals surface area (Å²) in [7, 11) is 0. The highest BCUT2D eigenvalue weighted by atomic mass is 35.5. The zero-order valence-electron chi connectivity index (χ0n) is 7.37. The maximum absolute atomic E-state index is 5.82. The van der Waals surface area contributed by atoms with Crippen molar-refractivity contribution in [2.24, 2.45) is 0 Å². The molecule has 0 fully saturated rings. The maximum atomic E-state index is 5.82. The quantitative estimate of drug-likeness (QED) is 0.736. The number of rotatable bonds is 2. The summed E-state index contributed by atoms with van der Waals surface area (Å²) in [5, 5.41) is 9.76. The molecule has 72 valence electrons. The lowest BCUT2D eigenvalue weighted by atomic mass is 10.0. The van der Waals surface area contributed by atoms with Gasteiger partial charge in [0.1, 0.15) is 0 Å². The Balaban J connectivity index is 2.78. The second-order valence-electron chi connectivity index (χ2n) is 2.97. The minimum Gasteiger partial charge on any atom is -0.158 e. The first-order chi connectivity index (χ1) is 6.86. The van der Waals surface area contributed by atoms with E-state index in [1.165, 1.54) is 0 Å². The highest BCUT2D eigenvalue weighted by Crippen LogP contribution is 2.23. The van der Waals surface area contributed by atoms with E-state index >= 15 is 0 Å². The predicted octanol–water partition coefficient (Wildman–Crippen LogP) is 3.11. The van der Waals surface area contributed by atoms with Crippen molar-refractivity contribution in [1.82, 2.24) is 10.2 Å². The molecule has 0 spiro atoms. The Bertz CT molecular complexity index is 414. The van der Waals surface area contributed by atoms with Gasteiger partial charge in [0.15, 0.2) is 0 Å².